The molecule has 0 unspecified atom stereocenters. The second kappa shape index (κ2) is 9.47. The Bertz CT molecular complexity index is 807. The van der Waals surface area contributed by atoms with Crippen LogP contribution in [-0.4, -0.2) is 51.1 Å². The molecule has 0 aliphatic heterocycles. The Kier molecular flexibility index (Phi) is 7.05. The maximum absolute atomic E-state index is 12.2. The van der Waals surface area contributed by atoms with Crippen molar-refractivity contribution in [1.82, 2.24) is 4.90 Å². The van der Waals surface area contributed by atoms with E-state index in [4.69, 9.17) is 14.2 Å². The fourth-order valence-electron chi connectivity index (χ4n) is 2.35. The molecule has 0 fully saturated rings. The van der Waals surface area contributed by atoms with Crippen molar-refractivity contribution < 1.29 is 23.8 Å². The van der Waals surface area contributed by atoms with Crippen molar-refractivity contribution in [3.63, 3.8) is 0 Å². The molecule has 0 saturated heterocycles. The number of benzene rings is 2. The molecule has 0 bridgehead atoms. The largest absolute Gasteiger partial charge is 0.497 e. The molecule has 7 heteroatoms. The van der Waals surface area contributed by atoms with Crippen LogP contribution < -0.4 is 19.5 Å². The lowest BCUT2D eigenvalue weighted by molar-refractivity contribution is -0.135. The van der Waals surface area contributed by atoms with Gasteiger partial charge in [0.1, 0.15) is 5.75 Å². The second-order valence-corrected chi connectivity index (χ2v) is 5.97. The summed E-state index contributed by atoms with van der Waals surface area (Å²) in [6.45, 7) is 1.65. The zero-order chi connectivity index (χ0) is 19.8. The van der Waals surface area contributed by atoms with Crippen LogP contribution in [-0.2, 0) is 9.59 Å². The average molecular weight is 372 g/mol. The molecule has 1 N–H and O–H groups in total. The number of anilines is 1. The number of aryl methyl sites for hydroxylation is 1. The SMILES string of the molecule is COc1cccc(NC(=O)CN(C)C(=O)COc2ccc(C)cc2OC)c1. The van der Waals surface area contributed by atoms with Gasteiger partial charge in [-0.3, -0.25) is 9.59 Å². The monoisotopic (exact) mass is 372 g/mol. The van der Waals surface area contributed by atoms with Gasteiger partial charge in [0.2, 0.25) is 5.91 Å². The first-order valence-corrected chi connectivity index (χ1v) is 8.38. The van der Waals surface area contributed by atoms with Crippen molar-refractivity contribution in [3.8, 4) is 17.2 Å². The zero-order valence-corrected chi connectivity index (χ0v) is 15.9. The van der Waals surface area contributed by atoms with Crippen molar-refractivity contribution >= 4 is 17.5 Å². The highest BCUT2D eigenvalue weighted by Crippen LogP contribution is 2.27. The molecule has 0 aliphatic rings. The van der Waals surface area contributed by atoms with Gasteiger partial charge in [-0.15, -0.1) is 0 Å². The number of rotatable bonds is 8. The van der Waals surface area contributed by atoms with Gasteiger partial charge in [-0.1, -0.05) is 12.1 Å². The highest BCUT2D eigenvalue weighted by atomic mass is 16.5. The summed E-state index contributed by atoms with van der Waals surface area (Å²) >= 11 is 0. The van der Waals surface area contributed by atoms with Crippen molar-refractivity contribution in [3.05, 3.63) is 48.0 Å². The summed E-state index contributed by atoms with van der Waals surface area (Å²) in [5.74, 6) is 1.04. The van der Waals surface area contributed by atoms with Crippen LogP contribution in [0.4, 0.5) is 5.69 Å². The fraction of sp³-hybridized carbons (Fsp3) is 0.300. The smallest absolute Gasteiger partial charge is 0.260 e. The third-order valence-corrected chi connectivity index (χ3v) is 3.83. The van der Waals surface area contributed by atoms with Crippen LogP contribution in [0, 0.1) is 6.92 Å². The standard InChI is InChI=1S/C20H24N2O5/c1-14-8-9-17(18(10-14)26-4)27-13-20(24)22(2)12-19(23)21-15-6-5-7-16(11-15)25-3/h5-11H,12-13H2,1-4H3,(H,21,23). The van der Waals surface area contributed by atoms with Gasteiger partial charge in [0.15, 0.2) is 18.1 Å². The minimum atomic E-state index is -0.321. The van der Waals surface area contributed by atoms with Gasteiger partial charge in [-0.2, -0.15) is 0 Å². The molecule has 2 amide bonds. The summed E-state index contributed by atoms with van der Waals surface area (Å²) in [6, 6.07) is 12.4. The first-order valence-electron chi connectivity index (χ1n) is 8.38. The lowest BCUT2D eigenvalue weighted by Gasteiger charge is -2.18. The van der Waals surface area contributed by atoms with E-state index >= 15 is 0 Å². The van der Waals surface area contributed by atoms with Crippen LogP contribution in [0.2, 0.25) is 0 Å². The van der Waals surface area contributed by atoms with Crippen LogP contribution in [0.3, 0.4) is 0 Å². The molecule has 144 valence electrons. The van der Waals surface area contributed by atoms with Gasteiger partial charge in [-0.25, -0.2) is 0 Å². The van der Waals surface area contributed by atoms with E-state index in [9.17, 15) is 9.59 Å². The number of ether oxygens (including phenoxy) is 3. The molecule has 2 rings (SSSR count). The van der Waals surface area contributed by atoms with E-state index in [1.807, 2.05) is 19.1 Å². The predicted molar refractivity (Wildman–Crippen MR) is 102 cm³/mol. The molecule has 0 spiro atoms. The molecule has 2 aromatic carbocycles. The fourth-order valence-corrected chi connectivity index (χ4v) is 2.35. The number of carbonyl (C=O) groups excluding carboxylic acids is 2. The molecule has 27 heavy (non-hydrogen) atoms. The van der Waals surface area contributed by atoms with E-state index in [-0.39, 0.29) is 25.0 Å². The van der Waals surface area contributed by atoms with Crippen molar-refractivity contribution in [2.24, 2.45) is 0 Å². The number of hydrogen-bond donors (Lipinski definition) is 1. The van der Waals surface area contributed by atoms with Gasteiger partial charge in [-0.05, 0) is 36.8 Å². The molecular weight excluding hydrogens is 348 g/mol. The van der Waals surface area contributed by atoms with Gasteiger partial charge in [0.05, 0.1) is 20.8 Å². The maximum atomic E-state index is 12.2. The number of hydrogen-bond acceptors (Lipinski definition) is 5. The molecular formula is C20H24N2O5. The Morgan fingerprint density at radius 2 is 1.81 bits per heavy atom. The second-order valence-electron chi connectivity index (χ2n) is 5.97. The minimum Gasteiger partial charge on any atom is -0.497 e. The first-order chi connectivity index (χ1) is 12.9. The average Bonchev–Trinajstić information content (AvgIpc) is 2.66. The molecule has 7 nitrogen and oxygen atoms in total. The van der Waals surface area contributed by atoms with E-state index in [2.05, 4.69) is 5.32 Å². The topological polar surface area (TPSA) is 77.1 Å². The number of likely N-dealkylation sites (N-methyl/N-ethyl adjacent to an activating group) is 1. The van der Waals surface area contributed by atoms with Crippen molar-refractivity contribution in [2.45, 2.75) is 6.92 Å². The number of amides is 2. The Labute approximate surface area is 158 Å². The van der Waals surface area contributed by atoms with Crippen LogP contribution in [0.15, 0.2) is 42.5 Å². The van der Waals surface area contributed by atoms with Crippen LogP contribution in [0.25, 0.3) is 0 Å². The van der Waals surface area contributed by atoms with Gasteiger partial charge >= 0.3 is 0 Å². The van der Waals surface area contributed by atoms with Crippen molar-refractivity contribution in [1.29, 1.82) is 0 Å². The Hall–Kier alpha value is -3.22. The Balaban J connectivity index is 1.86. The summed E-state index contributed by atoms with van der Waals surface area (Å²) in [7, 11) is 4.64. The highest BCUT2D eigenvalue weighted by Gasteiger charge is 2.15. The number of nitrogens with zero attached hydrogens (tertiary/aromatic N) is 1. The first kappa shape index (κ1) is 20.1. The molecule has 0 saturated carbocycles. The zero-order valence-electron chi connectivity index (χ0n) is 15.9. The van der Waals surface area contributed by atoms with Crippen LogP contribution in [0.5, 0.6) is 17.2 Å². The van der Waals surface area contributed by atoms with Gasteiger partial charge < -0.3 is 24.4 Å². The van der Waals surface area contributed by atoms with Gasteiger partial charge in [0, 0.05) is 18.8 Å². The minimum absolute atomic E-state index is 0.0928. The lowest BCUT2D eigenvalue weighted by atomic mass is 10.2. The maximum Gasteiger partial charge on any atom is 0.260 e. The van der Waals surface area contributed by atoms with Crippen molar-refractivity contribution in [2.75, 3.05) is 39.7 Å². The van der Waals surface area contributed by atoms with E-state index in [0.29, 0.717) is 22.9 Å². The lowest BCUT2D eigenvalue weighted by Crippen LogP contribution is -2.37. The number of carbonyl (C=O) groups is 2. The summed E-state index contributed by atoms with van der Waals surface area (Å²) in [4.78, 5) is 25.7. The van der Waals surface area contributed by atoms with E-state index in [0.717, 1.165) is 5.56 Å². The third kappa shape index (κ3) is 5.91. The summed E-state index contributed by atoms with van der Waals surface area (Å²) in [5, 5.41) is 2.73. The quantitative estimate of drug-likeness (QED) is 0.770. The normalized spacial score (nSPS) is 10.1. The highest BCUT2D eigenvalue weighted by molar-refractivity contribution is 5.94. The van der Waals surface area contributed by atoms with E-state index in [1.165, 1.54) is 4.90 Å². The number of nitrogens with one attached hydrogen (secondary N) is 1. The molecule has 0 atom stereocenters. The predicted octanol–water partition coefficient (Wildman–Crippen LogP) is 2.49. The Morgan fingerprint density at radius 1 is 1.04 bits per heavy atom. The molecule has 0 aliphatic carbocycles. The molecule has 0 heterocycles. The van der Waals surface area contributed by atoms with E-state index in [1.54, 1.807) is 51.6 Å². The van der Waals surface area contributed by atoms with E-state index < -0.39 is 0 Å². The van der Waals surface area contributed by atoms with Gasteiger partial charge in [0.25, 0.3) is 5.91 Å². The summed E-state index contributed by atoms with van der Waals surface area (Å²) < 4.78 is 15.9. The van der Waals surface area contributed by atoms with Crippen LogP contribution >= 0.6 is 0 Å². The van der Waals surface area contributed by atoms with Crippen LogP contribution in [0.1, 0.15) is 5.56 Å². The molecule has 2 aromatic rings. The number of methoxy groups -OCH3 is 2. The summed E-state index contributed by atoms with van der Waals surface area (Å²) in [6.07, 6.45) is 0. The summed E-state index contributed by atoms with van der Waals surface area (Å²) in [5.41, 5.74) is 1.62. The third-order valence-electron chi connectivity index (χ3n) is 3.83. The molecule has 0 radical (unpaired) electrons. The Morgan fingerprint density at radius 3 is 2.52 bits per heavy atom. The molecule has 0 aromatic heterocycles.